The number of ether oxygens (including phenoxy) is 2. The summed E-state index contributed by atoms with van der Waals surface area (Å²) in [5, 5.41) is 0. The smallest absolute Gasteiger partial charge is 0.340 e. The molecule has 0 unspecified atom stereocenters. The number of nitrogens with zero attached hydrogens (tertiary/aromatic N) is 1. The Morgan fingerprint density at radius 1 is 1.13 bits per heavy atom. The highest BCUT2D eigenvalue weighted by Gasteiger charge is 2.20. The van der Waals surface area contributed by atoms with E-state index < -0.39 is 0 Å². The van der Waals surface area contributed by atoms with Crippen LogP contribution in [0.3, 0.4) is 0 Å². The van der Waals surface area contributed by atoms with Crippen LogP contribution < -0.4 is 4.90 Å². The molecule has 0 saturated carbocycles. The summed E-state index contributed by atoms with van der Waals surface area (Å²) >= 11 is 0. The quantitative estimate of drug-likeness (QED) is 0.813. The van der Waals surface area contributed by atoms with Gasteiger partial charge in [0.25, 0.3) is 0 Å². The van der Waals surface area contributed by atoms with Crippen LogP contribution in [0.15, 0.2) is 48.5 Å². The first-order valence-corrected chi connectivity index (χ1v) is 7.88. The molecule has 4 nitrogen and oxygen atoms in total. The number of hydrogen-bond donors (Lipinski definition) is 0. The average molecular weight is 311 g/mol. The molecule has 120 valence electrons. The van der Waals surface area contributed by atoms with Crippen molar-refractivity contribution in [3.63, 3.8) is 0 Å². The van der Waals surface area contributed by atoms with E-state index in [1.54, 1.807) is 0 Å². The lowest BCUT2D eigenvalue weighted by Crippen LogP contribution is -2.37. The Labute approximate surface area is 136 Å². The summed E-state index contributed by atoms with van der Waals surface area (Å²) in [4.78, 5) is 14.7. The lowest BCUT2D eigenvalue weighted by molar-refractivity contribution is 0.0472. The van der Waals surface area contributed by atoms with Gasteiger partial charge < -0.3 is 14.4 Å². The van der Waals surface area contributed by atoms with Crippen LogP contribution in [0, 0.1) is 6.92 Å². The van der Waals surface area contributed by atoms with Gasteiger partial charge in [-0.15, -0.1) is 0 Å². The van der Waals surface area contributed by atoms with Gasteiger partial charge in [-0.1, -0.05) is 36.4 Å². The Morgan fingerprint density at radius 2 is 1.87 bits per heavy atom. The predicted molar refractivity (Wildman–Crippen MR) is 89.8 cm³/mol. The van der Waals surface area contributed by atoms with Gasteiger partial charge in [-0.05, 0) is 30.2 Å². The lowest BCUT2D eigenvalue weighted by atomic mass is 10.1. The number of rotatable bonds is 4. The molecule has 0 amide bonds. The van der Waals surface area contributed by atoms with E-state index in [4.69, 9.17) is 9.47 Å². The Morgan fingerprint density at radius 3 is 2.61 bits per heavy atom. The van der Waals surface area contributed by atoms with Crippen molar-refractivity contribution in [2.24, 2.45) is 0 Å². The van der Waals surface area contributed by atoms with Crippen LogP contribution in [0.5, 0.6) is 0 Å². The molecular formula is C19H21NO3. The molecule has 0 radical (unpaired) electrons. The molecule has 1 fully saturated rings. The fourth-order valence-electron chi connectivity index (χ4n) is 2.68. The van der Waals surface area contributed by atoms with Crippen molar-refractivity contribution < 1.29 is 14.3 Å². The van der Waals surface area contributed by atoms with Crippen molar-refractivity contribution in [3.05, 3.63) is 65.2 Å². The molecule has 0 aliphatic carbocycles. The maximum atomic E-state index is 12.5. The molecule has 2 aromatic carbocycles. The van der Waals surface area contributed by atoms with Crippen LogP contribution >= 0.6 is 0 Å². The number of benzene rings is 2. The molecule has 1 aliphatic heterocycles. The monoisotopic (exact) mass is 311 g/mol. The maximum Gasteiger partial charge on any atom is 0.340 e. The van der Waals surface area contributed by atoms with E-state index in [1.807, 2.05) is 55.5 Å². The van der Waals surface area contributed by atoms with Crippen LogP contribution in [-0.2, 0) is 16.1 Å². The number of esters is 1. The minimum Gasteiger partial charge on any atom is -0.457 e. The summed E-state index contributed by atoms with van der Waals surface area (Å²) in [5.74, 6) is -0.282. The Balaban J connectivity index is 1.76. The second-order valence-electron chi connectivity index (χ2n) is 5.68. The van der Waals surface area contributed by atoms with Crippen molar-refractivity contribution >= 4 is 11.7 Å². The van der Waals surface area contributed by atoms with Gasteiger partial charge >= 0.3 is 5.97 Å². The Kier molecular flexibility index (Phi) is 4.93. The second kappa shape index (κ2) is 7.29. The molecule has 0 atom stereocenters. The largest absolute Gasteiger partial charge is 0.457 e. The summed E-state index contributed by atoms with van der Waals surface area (Å²) < 4.78 is 10.9. The van der Waals surface area contributed by atoms with Gasteiger partial charge in [0.05, 0.1) is 24.5 Å². The molecule has 0 spiro atoms. The molecule has 0 aromatic heterocycles. The van der Waals surface area contributed by atoms with Crippen molar-refractivity contribution in [2.45, 2.75) is 13.5 Å². The van der Waals surface area contributed by atoms with Crippen molar-refractivity contribution in [2.75, 3.05) is 31.2 Å². The zero-order valence-electron chi connectivity index (χ0n) is 13.3. The fraction of sp³-hybridized carbons (Fsp3) is 0.316. The molecule has 3 rings (SSSR count). The van der Waals surface area contributed by atoms with Gasteiger partial charge in [0.1, 0.15) is 6.61 Å². The van der Waals surface area contributed by atoms with Crippen molar-refractivity contribution in [1.29, 1.82) is 0 Å². The molecule has 0 N–H and O–H groups in total. The van der Waals surface area contributed by atoms with Gasteiger partial charge in [0.15, 0.2) is 0 Å². The minimum atomic E-state index is -0.282. The van der Waals surface area contributed by atoms with E-state index in [0.717, 1.165) is 29.9 Å². The van der Waals surface area contributed by atoms with Crippen LogP contribution in [0.2, 0.25) is 0 Å². The maximum absolute atomic E-state index is 12.5. The van der Waals surface area contributed by atoms with Crippen LogP contribution in [-0.4, -0.2) is 32.3 Å². The molecule has 1 heterocycles. The first kappa shape index (κ1) is 15.6. The molecule has 4 heteroatoms. The first-order chi connectivity index (χ1) is 11.2. The van der Waals surface area contributed by atoms with E-state index in [0.29, 0.717) is 18.8 Å². The standard InChI is InChI=1S/C19H21NO3/c1-15-7-8-17(18(13-15)20-9-11-22-12-10-20)19(21)23-14-16-5-3-2-4-6-16/h2-8,13H,9-12,14H2,1H3. The lowest BCUT2D eigenvalue weighted by Gasteiger charge is -2.30. The number of aryl methyl sites for hydroxylation is 1. The summed E-state index contributed by atoms with van der Waals surface area (Å²) in [7, 11) is 0. The first-order valence-electron chi connectivity index (χ1n) is 7.88. The SMILES string of the molecule is Cc1ccc(C(=O)OCc2ccccc2)c(N2CCOCC2)c1. The third kappa shape index (κ3) is 3.90. The molecular weight excluding hydrogens is 290 g/mol. The third-order valence-corrected chi connectivity index (χ3v) is 3.94. The fourth-order valence-corrected chi connectivity index (χ4v) is 2.68. The number of anilines is 1. The molecule has 2 aromatic rings. The van der Waals surface area contributed by atoms with Crippen LogP contribution in [0.1, 0.15) is 21.5 Å². The highest BCUT2D eigenvalue weighted by atomic mass is 16.5. The number of carbonyl (C=O) groups excluding carboxylic acids is 1. The van der Waals surface area contributed by atoms with Gasteiger partial charge in [0, 0.05) is 13.1 Å². The highest BCUT2D eigenvalue weighted by Crippen LogP contribution is 2.24. The molecule has 1 aliphatic rings. The summed E-state index contributed by atoms with van der Waals surface area (Å²) in [5.41, 5.74) is 3.67. The molecule has 1 saturated heterocycles. The number of carbonyl (C=O) groups is 1. The topological polar surface area (TPSA) is 38.8 Å². The minimum absolute atomic E-state index is 0.282. The van der Waals surface area contributed by atoms with Gasteiger partial charge in [-0.2, -0.15) is 0 Å². The van der Waals surface area contributed by atoms with E-state index in [1.165, 1.54) is 0 Å². The van der Waals surface area contributed by atoms with E-state index in [2.05, 4.69) is 4.90 Å². The van der Waals surface area contributed by atoms with Gasteiger partial charge in [-0.25, -0.2) is 4.79 Å². The van der Waals surface area contributed by atoms with Crippen molar-refractivity contribution in [1.82, 2.24) is 0 Å². The van der Waals surface area contributed by atoms with Gasteiger partial charge in [0.2, 0.25) is 0 Å². The number of hydrogen-bond acceptors (Lipinski definition) is 4. The van der Waals surface area contributed by atoms with E-state index >= 15 is 0 Å². The zero-order chi connectivity index (χ0) is 16.1. The highest BCUT2D eigenvalue weighted by molar-refractivity contribution is 5.96. The number of morpholine rings is 1. The summed E-state index contributed by atoms with van der Waals surface area (Å²) in [6.07, 6.45) is 0. The van der Waals surface area contributed by atoms with Crippen LogP contribution in [0.25, 0.3) is 0 Å². The third-order valence-electron chi connectivity index (χ3n) is 3.94. The van der Waals surface area contributed by atoms with Crippen LogP contribution in [0.4, 0.5) is 5.69 Å². The predicted octanol–water partition coefficient (Wildman–Crippen LogP) is 3.19. The summed E-state index contributed by atoms with van der Waals surface area (Å²) in [6, 6.07) is 15.6. The molecule has 0 bridgehead atoms. The second-order valence-corrected chi connectivity index (χ2v) is 5.68. The Bertz CT molecular complexity index is 664. The normalized spacial score (nSPS) is 14.6. The van der Waals surface area contributed by atoms with E-state index in [9.17, 15) is 4.79 Å². The average Bonchev–Trinajstić information content (AvgIpc) is 2.61. The molecule has 23 heavy (non-hydrogen) atoms. The Hall–Kier alpha value is -2.33. The van der Waals surface area contributed by atoms with Crippen molar-refractivity contribution in [3.8, 4) is 0 Å². The zero-order valence-corrected chi connectivity index (χ0v) is 13.3. The van der Waals surface area contributed by atoms with E-state index in [-0.39, 0.29) is 12.6 Å². The summed E-state index contributed by atoms with van der Waals surface area (Å²) in [6.45, 7) is 5.28. The van der Waals surface area contributed by atoms with Gasteiger partial charge in [-0.3, -0.25) is 0 Å².